The predicted octanol–water partition coefficient (Wildman–Crippen LogP) is 7.91. The van der Waals surface area contributed by atoms with Gasteiger partial charge in [-0.05, 0) is 65.0 Å². The second-order valence-corrected chi connectivity index (χ2v) is 14.3. The number of nitrogens with one attached hydrogen (secondary N) is 2. The molecule has 55 heavy (non-hydrogen) atoms. The van der Waals surface area contributed by atoms with Gasteiger partial charge in [0.2, 0.25) is 0 Å². The Morgan fingerprint density at radius 3 is 2.13 bits per heavy atom. The lowest BCUT2D eigenvalue weighted by Crippen LogP contribution is -2.47. The van der Waals surface area contributed by atoms with Crippen LogP contribution in [-0.4, -0.2) is 54.9 Å². The minimum absolute atomic E-state index is 0.0141. The first-order chi connectivity index (χ1) is 26.7. The molecule has 0 saturated carbocycles. The van der Waals surface area contributed by atoms with Crippen molar-refractivity contribution in [1.82, 2.24) is 15.5 Å². The van der Waals surface area contributed by atoms with Gasteiger partial charge in [0, 0.05) is 37.0 Å². The first-order valence-corrected chi connectivity index (χ1v) is 18.8. The van der Waals surface area contributed by atoms with Crippen LogP contribution in [0.15, 0.2) is 133 Å². The summed E-state index contributed by atoms with van der Waals surface area (Å²) in [6.45, 7) is 5.35. The van der Waals surface area contributed by atoms with Crippen molar-refractivity contribution in [2.24, 2.45) is 5.92 Å². The maximum Gasteiger partial charge on any atom is 0.328 e. The summed E-state index contributed by atoms with van der Waals surface area (Å²) in [6.07, 6.45) is -0.654. The number of amides is 2. The van der Waals surface area contributed by atoms with Crippen LogP contribution >= 0.6 is 0 Å². The smallest absolute Gasteiger partial charge is 0.328 e. The van der Waals surface area contributed by atoms with E-state index in [-0.39, 0.29) is 37.3 Å². The number of hydrogen-bond donors (Lipinski definition) is 3. The summed E-state index contributed by atoms with van der Waals surface area (Å²) >= 11 is 0. The minimum Gasteiger partial charge on any atom is -0.467 e. The lowest BCUT2D eigenvalue weighted by atomic mass is 9.89. The van der Waals surface area contributed by atoms with E-state index in [2.05, 4.69) is 72.8 Å². The van der Waals surface area contributed by atoms with Gasteiger partial charge in [-0.15, -0.1) is 0 Å². The molecule has 9 heteroatoms. The highest BCUT2D eigenvalue weighted by Gasteiger charge is 2.39. The van der Waals surface area contributed by atoms with E-state index in [0.717, 1.165) is 38.9 Å². The molecule has 1 fully saturated rings. The molecule has 6 unspecified atom stereocenters. The summed E-state index contributed by atoms with van der Waals surface area (Å²) in [5.41, 5.74) is 7.82. The van der Waals surface area contributed by atoms with Gasteiger partial charge in [0.05, 0.1) is 25.9 Å². The molecule has 5 aromatic carbocycles. The number of carbonyl (C=O) groups is 2. The zero-order valence-electron chi connectivity index (χ0n) is 31.9. The molecule has 0 bridgehead atoms. The molecule has 0 aliphatic carbocycles. The fraction of sp³-hybridized carbons (Fsp3) is 0.304. The molecule has 6 rings (SSSR count). The van der Waals surface area contributed by atoms with E-state index in [1.165, 1.54) is 12.7 Å². The highest BCUT2D eigenvalue weighted by Crippen LogP contribution is 2.43. The topological polar surface area (TPSA) is 109 Å². The van der Waals surface area contributed by atoms with Crippen LogP contribution in [0.5, 0.6) is 0 Å². The number of aliphatic hydroxyl groups excluding tert-OH is 1. The minimum atomic E-state index is -0.819. The molecule has 1 aliphatic rings. The number of urea groups is 1. The van der Waals surface area contributed by atoms with E-state index >= 15 is 0 Å². The normalized spacial score (nSPS) is 19.3. The number of ether oxygens (including phenoxy) is 3. The Labute approximate surface area is 324 Å². The molecule has 5 aromatic rings. The number of hydrogen-bond acceptors (Lipinski definition) is 7. The molecule has 3 N–H and O–H groups in total. The molecular weight excluding hydrogens is 691 g/mol. The Hall–Kier alpha value is -5.32. The van der Waals surface area contributed by atoms with Gasteiger partial charge in [-0.25, -0.2) is 9.59 Å². The number of esters is 1. The van der Waals surface area contributed by atoms with Crippen molar-refractivity contribution in [1.29, 1.82) is 0 Å². The Balaban J connectivity index is 1.17. The zero-order valence-corrected chi connectivity index (χ0v) is 31.9. The van der Waals surface area contributed by atoms with Gasteiger partial charge in [-0.1, -0.05) is 128 Å². The van der Waals surface area contributed by atoms with Crippen molar-refractivity contribution in [3.8, 4) is 11.1 Å². The highest BCUT2D eigenvalue weighted by atomic mass is 16.7. The number of rotatable bonds is 14. The Morgan fingerprint density at radius 1 is 0.782 bits per heavy atom. The second-order valence-electron chi connectivity index (χ2n) is 14.3. The van der Waals surface area contributed by atoms with Crippen LogP contribution in [0.4, 0.5) is 4.79 Å². The summed E-state index contributed by atoms with van der Waals surface area (Å²) in [6, 6.07) is 43.1. The van der Waals surface area contributed by atoms with E-state index in [4.69, 9.17) is 14.2 Å². The largest absolute Gasteiger partial charge is 0.467 e. The van der Waals surface area contributed by atoms with E-state index in [9.17, 15) is 14.7 Å². The van der Waals surface area contributed by atoms with Crippen LogP contribution in [0.3, 0.4) is 0 Å². The molecule has 1 aliphatic heterocycles. The fourth-order valence-electron chi connectivity index (χ4n) is 7.06. The molecule has 286 valence electrons. The Bertz CT molecular complexity index is 1990. The molecule has 0 spiro atoms. The van der Waals surface area contributed by atoms with Crippen LogP contribution in [0.1, 0.15) is 65.7 Å². The molecule has 0 radical (unpaired) electrons. The average molecular weight is 742 g/mol. The summed E-state index contributed by atoms with van der Waals surface area (Å²) in [4.78, 5) is 27.7. The van der Waals surface area contributed by atoms with E-state index in [0.29, 0.717) is 13.0 Å². The van der Waals surface area contributed by atoms with Gasteiger partial charge in [-0.2, -0.15) is 0 Å². The van der Waals surface area contributed by atoms with Crippen molar-refractivity contribution in [3.63, 3.8) is 0 Å². The van der Waals surface area contributed by atoms with E-state index in [1.54, 1.807) is 0 Å². The monoisotopic (exact) mass is 741 g/mol. The van der Waals surface area contributed by atoms with Gasteiger partial charge in [0.15, 0.2) is 6.29 Å². The maximum absolute atomic E-state index is 12.9. The number of carbonyl (C=O) groups excluding carboxylic acids is 2. The maximum atomic E-state index is 12.9. The number of likely N-dealkylation sites (N-methyl/N-ethyl adjacent to an activating group) is 1. The zero-order chi connectivity index (χ0) is 38.7. The average Bonchev–Trinajstić information content (AvgIpc) is 3.23. The SMILES string of the molecule is COC(=O)C(Cc1ccccc1)NC(=O)NCc1cccc(-c2cccc(C3OC(CN(C)C(C)c4ccccc4)C(C)C(c4ccc(CO)cc4)O3)c2)c1. The number of benzene rings is 5. The van der Waals surface area contributed by atoms with Gasteiger partial charge >= 0.3 is 12.0 Å². The molecule has 6 atom stereocenters. The van der Waals surface area contributed by atoms with Crippen molar-refractivity contribution < 1.29 is 28.9 Å². The lowest BCUT2D eigenvalue weighted by molar-refractivity contribution is -0.276. The highest BCUT2D eigenvalue weighted by molar-refractivity contribution is 5.83. The van der Waals surface area contributed by atoms with Crippen LogP contribution in [-0.2, 0) is 38.6 Å². The quantitative estimate of drug-likeness (QED) is 0.0993. The van der Waals surface area contributed by atoms with Crippen LogP contribution in [0.2, 0.25) is 0 Å². The third kappa shape index (κ3) is 10.3. The summed E-state index contributed by atoms with van der Waals surface area (Å²) in [5.74, 6) is -0.459. The van der Waals surface area contributed by atoms with E-state index in [1.807, 2.05) is 97.1 Å². The van der Waals surface area contributed by atoms with E-state index < -0.39 is 24.3 Å². The van der Waals surface area contributed by atoms with Crippen molar-refractivity contribution in [2.45, 2.75) is 64.0 Å². The first-order valence-electron chi connectivity index (χ1n) is 18.8. The third-order valence-electron chi connectivity index (χ3n) is 10.5. The number of aliphatic hydroxyl groups is 1. The van der Waals surface area contributed by atoms with Gasteiger partial charge in [-0.3, -0.25) is 4.90 Å². The van der Waals surface area contributed by atoms with Crippen molar-refractivity contribution in [3.05, 3.63) is 167 Å². The Morgan fingerprint density at radius 2 is 1.44 bits per heavy atom. The predicted molar refractivity (Wildman–Crippen MR) is 214 cm³/mol. The molecule has 1 heterocycles. The molecular formula is C46H51N3O6. The molecule has 9 nitrogen and oxygen atoms in total. The third-order valence-corrected chi connectivity index (χ3v) is 10.5. The van der Waals surface area contributed by atoms with Gasteiger partial charge < -0.3 is 30.0 Å². The van der Waals surface area contributed by atoms with Crippen LogP contribution in [0, 0.1) is 5.92 Å². The number of methoxy groups -OCH3 is 1. The van der Waals surface area contributed by atoms with Crippen molar-refractivity contribution >= 4 is 12.0 Å². The van der Waals surface area contributed by atoms with Crippen LogP contribution < -0.4 is 10.6 Å². The molecule has 2 amide bonds. The summed E-state index contributed by atoms with van der Waals surface area (Å²) in [7, 11) is 3.45. The van der Waals surface area contributed by atoms with Crippen molar-refractivity contribution in [2.75, 3.05) is 20.7 Å². The first kappa shape index (κ1) is 39.4. The van der Waals surface area contributed by atoms with Gasteiger partial charge in [0.25, 0.3) is 0 Å². The number of nitrogens with zero attached hydrogens (tertiary/aromatic N) is 1. The second kappa shape index (κ2) is 18.8. The Kier molecular flexibility index (Phi) is 13.5. The summed E-state index contributed by atoms with van der Waals surface area (Å²) in [5, 5.41) is 15.3. The summed E-state index contributed by atoms with van der Waals surface area (Å²) < 4.78 is 18.6. The molecule has 0 aromatic heterocycles. The van der Waals surface area contributed by atoms with Gasteiger partial charge in [0.1, 0.15) is 6.04 Å². The van der Waals surface area contributed by atoms with Crippen LogP contribution in [0.25, 0.3) is 11.1 Å². The fourth-order valence-corrected chi connectivity index (χ4v) is 7.06. The molecule has 1 saturated heterocycles. The standard InChI is InChI=1S/C46H51N3O6/c1-31-42(29-49(3)32(2)36-16-9-6-10-17-36)54-45(55-43(31)37-23-21-34(30-50)22-24-37)40-20-12-19-39(27-40)38-18-11-15-35(25-38)28-47-46(52)48-41(44(51)53-4)26-33-13-7-5-8-14-33/h5-25,27,31-32,41-43,45,50H,26,28-30H2,1-4H3,(H2,47,48,52). The lowest BCUT2D eigenvalue weighted by Gasteiger charge is -2.43.